The molecule has 3 N–H and O–H groups in total. The molecule has 0 bridgehead atoms. The van der Waals surface area contributed by atoms with E-state index in [9.17, 15) is 24.2 Å². The Balaban J connectivity index is 3.57. The third-order valence-corrected chi connectivity index (χ3v) is 10.0. The lowest BCUT2D eigenvalue weighted by Crippen LogP contribution is -2.27. The molecule has 10 heteroatoms. The minimum Gasteiger partial charge on any atom is -0.463 e. The summed E-state index contributed by atoms with van der Waals surface area (Å²) in [5.41, 5.74) is 0. The van der Waals surface area contributed by atoms with Crippen LogP contribution in [0.1, 0.15) is 206 Å². The lowest BCUT2D eigenvalue weighted by atomic mass is 10.0. The van der Waals surface area contributed by atoms with Gasteiger partial charge in [0.15, 0.2) is 0 Å². The zero-order chi connectivity index (χ0) is 36.1. The highest BCUT2D eigenvalue weighted by atomic mass is 31.2. The zero-order valence-corrected chi connectivity index (χ0v) is 32.8. The summed E-state index contributed by atoms with van der Waals surface area (Å²) < 4.78 is 26.8. The van der Waals surface area contributed by atoms with Crippen molar-refractivity contribution < 1.29 is 37.9 Å². The van der Waals surface area contributed by atoms with Crippen LogP contribution < -0.4 is 5.32 Å². The number of ether oxygens (including phenoxy) is 1. The van der Waals surface area contributed by atoms with Crippen LogP contribution in [0.3, 0.4) is 0 Å². The number of rotatable bonds is 39. The first kappa shape index (κ1) is 48.0. The molecule has 0 aromatic heterocycles. The van der Waals surface area contributed by atoms with Crippen molar-refractivity contribution in [2.75, 3.05) is 26.4 Å². The lowest BCUT2D eigenvalue weighted by molar-refractivity contribution is -0.147. The van der Waals surface area contributed by atoms with E-state index in [-0.39, 0.29) is 32.1 Å². The van der Waals surface area contributed by atoms with Crippen LogP contribution in [0.5, 0.6) is 0 Å². The van der Waals surface area contributed by atoms with E-state index in [0.29, 0.717) is 6.42 Å². The first-order chi connectivity index (χ1) is 23.8. The highest BCUT2D eigenvalue weighted by Gasteiger charge is 2.23. The van der Waals surface area contributed by atoms with E-state index in [1.807, 2.05) is 0 Å². The van der Waals surface area contributed by atoms with Gasteiger partial charge >= 0.3 is 13.8 Å². The van der Waals surface area contributed by atoms with Crippen molar-refractivity contribution >= 4 is 19.7 Å². The number of unbranched alkanes of at least 4 members (excludes halogenated alkanes) is 26. The normalized spacial score (nSPS) is 13.3. The number of hydrogen-bond acceptors (Lipinski definition) is 7. The first-order valence-corrected chi connectivity index (χ1v) is 22.0. The molecule has 0 aliphatic heterocycles. The topological polar surface area (TPSA) is 131 Å². The largest absolute Gasteiger partial charge is 0.472 e. The molecule has 0 fully saturated rings. The van der Waals surface area contributed by atoms with Gasteiger partial charge in [0.05, 0.1) is 13.2 Å². The van der Waals surface area contributed by atoms with E-state index >= 15 is 0 Å². The molecule has 0 saturated carbocycles. The summed E-state index contributed by atoms with van der Waals surface area (Å²) in [4.78, 5) is 33.8. The number of amides is 1. The fourth-order valence-electron chi connectivity index (χ4n) is 5.91. The van der Waals surface area contributed by atoms with Gasteiger partial charge in [0, 0.05) is 19.4 Å². The Morgan fingerprint density at radius 2 is 0.918 bits per heavy atom. The lowest BCUT2D eigenvalue weighted by Gasteiger charge is -2.15. The van der Waals surface area contributed by atoms with Crippen molar-refractivity contribution in [2.24, 2.45) is 0 Å². The minimum absolute atomic E-state index is 0.0881. The monoisotopic (exact) mass is 720 g/mol. The van der Waals surface area contributed by atoms with Crippen molar-refractivity contribution in [3.8, 4) is 0 Å². The molecule has 292 valence electrons. The van der Waals surface area contributed by atoms with Crippen LogP contribution in [0.15, 0.2) is 0 Å². The van der Waals surface area contributed by atoms with Crippen LogP contribution in [-0.4, -0.2) is 54.3 Å². The Bertz CT molecular complexity index is 784. The fourth-order valence-corrected chi connectivity index (χ4v) is 6.67. The second-order valence-electron chi connectivity index (χ2n) is 14.0. The third-order valence-electron chi connectivity index (χ3n) is 9.04. The summed E-state index contributed by atoms with van der Waals surface area (Å²) in [6.07, 6.45) is 34.5. The van der Waals surface area contributed by atoms with Crippen molar-refractivity contribution in [3.05, 3.63) is 0 Å². The Hall–Kier alpha value is -0.990. The molecule has 0 aliphatic rings. The van der Waals surface area contributed by atoms with Gasteiger partial charge in [0.1, 0.15) is 12.7 Å². The summed E-state index contributed by atoms with van der Waals surface area (Å²) >= 11 is 0. The maximum atomic E-state index is 12.1. The van der Waals surface area contributed by atoms with Crippen LogP contribution in [0.2, 0.25) is 0 Å². The van der Waals surface area contributed by atoms with E-state index in [0.717, 1.165) is 38.5 Å². The number of aliphatic hydroxyl groups is 1. The summed E-state index contributed by atoms with van der Waals surface area (Å²) in [6, 6.07) is 0. The number of esters is 1. The van der Waals surface area contributed by atoms with Crippen molar-refractivity contribution in [1.29, 1.82) is 0 Å². The van der Waals surface area contributed by atoms with Crippen LogP contribution >= 0.6 is 7.82 Å². The average Bonchev–Trinajstić information content (AvgIpc) is 3.08. The van der Waals surface area contributed by atoms with Crippen molar-refractivity contribution in [2.45, 2.75) is 213 Å². The number of nitrogens with one attached hydrogen (secondary N) is 1. The van der Waals surface area contributed by atoms with E-state index in [4.69, 9.17) is 13.8 Å². The van der Waals surface area contributed by atoms with E-state index in [1.165, 1.54) is 141 Å². The molecule has 0 rings (SSSR count). The molecule has 0 aromatic rings. The molecule has 49 heavy (non-hydrogen) atoms. The molecular weight excluding hydrogens is 641 g/mol. The Morgan fingerprint density at radius 3 is 1.33 bits per heavy atom. The highest BCUT2D eigenvalue weighted by molar-refractivity contribution is 7.47. The van der Waals surface area contributed by atoms with Gasteiger partial charge in [-0.05, 0) is 12.8 Å². The highest BCUT2D eigenvalue weighted by Crippen LogP contribution is 2.42. The SMILES string of the molecule is CCCCCCCCCCCCCCCCCC(=O)NCCOP(=O)(O)OCC(O)COC(=O)CCCCCCCCCCCCCCC. The molecule has 2 atom stereocenters. The van der Waals surface area contributed by atoms with Gasteiger partial charge in [-0.25, -0.2) is 4.57 Å². The number of phosphoric acid groups is 1. The number of carbonyl (C=O) groups excluding carboxylic acids is 2. The molecule has 0 spiro atoms. The van der Waals surface area contributed by atoms with E-state index in [2.05, 4.69) is 19.2 Å². The molecule has 0 aromatic carbocycles. The Labute approximate surface area is 301 Å². The summed E-state index contributed by atoms with van der Waals surface area (Å²) in [7, 11) is -4.40. The predicted molar refractivity (Wildman–Crippen MR) is 202 cm³/mol. The van der Waals surface area contributed by atoms with Crippen LogP contribution in [-0.2, 0) is 27.9 Å². The number of carbonyl (C=O) groups is 2. The van der Waals surface area contributed by atoms with Crippen LogP contribution in [0, 0.1) is 0 Å². The second kappa shape index (κ2) is 36.8. The number of phosphoric ester groups is 1. The maximum Gasteiger partial charge on any atom is 0.472 e. The second-order valence-corrected chi connectivity index (χ2v) is 15.4. The molecule has 0 saturated heterocycles. The standard InChI is InChI=1S/C39H78NO8P/c1-3-5-7-9-11-13-15-17-18-20-21-23-25-27-29-31-38(42)40-33-34-47-49(44,45)48-36-37(41)35-46-39(43)32-30-28-26-24-22-19-16-14-12-10-8-6-4-2/h37,41H,3-36H2,1-2H3,(H,40,42)(H,44,45). The minimum atomic E-state index is -4.40. The number of aliphatic hydroxyl groups excluding tert-OH is 1. The molecule has 0 radical (unpaired) electrons. The van der Waals surface area contributed by atoms with Crippen molar-refractivity contribution in [3.63, 3.8) is 0 Å². The predicted octanol–water partition coefficient (Wildman–Crippen LogP) is 10.9. The smallest absolute Gasteiger partial charge is 0.463 e. The quantitative estimate of drug-likeness (QED) is 0.0325. The zero-order valence-electron chi connectivity index (χ0n) is 31.9. The summed E-state index contributed by atoms with van der Waals surface area (Å²) in [6.45, 7) is 3.58. The maximum absolute atomic E-state index is 12.1. The van der Waals surface area contributed by atoms with Gasteiger partial charge < -0.3 is 20.1 Å². The Morgan fingerprint density at radius 1 is 0.551 bits per heavy atom. The van der Waals surface area contributed by atoms with Crippen LogP contribution in [0.4, 0.5) is 0 Å². The molecule has 0 aliphatic carbocycles. The van der Waals surface area contributed by atoms with Crippen LogP contribution in [0.25, 0.3) is 0 Å². The fraction of sp³-hybridized carbons (Fsp3) is 0.949. The average molecular weight is 720 g/mol. The number of hydrogen-bond donors (Lipinski definition) is 3. The summed E-state index contributed by atoms with van der Waals surface area (Å²) in [5, 5.41) is 12.7. The van der Waals surface area contributed by atoms with Gasteiger partial charge in [-0.1, -0.05) is 181 Å². The Kier molecular flexibility index (Phi) is 36.0. The van der Waals surface area contributed by atoms with Gasteiger partial charge in [-0.15, -0.1) is 0 Å². The molecular formula is C39H78NO8P. The van der Waals surface area contributed by atoms with E-state index < -0.39 is 26.5 Å². The van der Waals surface area contributed by atoms with Gasteiger partial charge in [0.25, 0.3) is 0 Å². The molecule has 9 nitrogen and oxygen atoms in total. The van der Waals surface area contributed by atoms with Gasteiger partial charge in [-0.3, -0.25) is 18.6 Å². The van der Waals surface area contributed by atoms with Crippen molar-refractivity contribution in [1.82, 2.24) is 5.32 Å². The van der Waals surface area contributed by atoms with Gasteiger partial charge in [-0.2, -0.15) is 0 Å². The van der Waals surface area contributed by atoms with Gasteiger partial charge in [0.2, 0.25) is 5.91 Å². The third kappa shape index (κ3) is 38.1. The molecule has 2 unspecified atom stereocenters. The summed E-state index contributed by atoms with van der Waals surface area (Å²) in [5.74, 6) is -0.506. The molecule has 1 amide bonds. The first-order valence-electron chi connectivity index (χ1n) is 20.5. The van der Waals surface area contributed by atoms with E-state index in [1.54, 1.807) is 0 Å². The molecule has 0 heterocycles.